The second-order valence-electron chi connectivity index (χ2n) is 4.85. The molecule has 0 aromatic heterocycles. The highest BCUT2D eigenvalue weighted by molar-refractivity contribution is 6.04. The number of carbonyl (C=O) groups is 1. The molecule has 1 aliphatic rings. The fourth-order valence-electron chi connectivity index (χ4n) is 2.39. The fraction of sp³-hybridized carbons (Fsp3) is 0.188. The maximum Gasteiger partial charge on any atom is 0.255 e. The van der Waals surface area contributed by atoms with Crippen molar-refractivity contribution in [3.05, 3.63) is 53.3 Å². The molecule has 0 bridgehead atoms. The molecule has 2 aromatic carbocycles. The van der Waals surface area contributed by atoms with Crippen molar-refractivity contribution in [2.45, 2.75) is 6.42 Å². The number of fused-ring (bicyclic) bond motifs is 1. The zero-order chi connectivity index (χ0) is 14.8. The van der Waals surface area contributed by atoms with Crippen LogP contribution in [-0.4, -0.2) is 19.6 Å². The van der Waals surface area contributed by atoms with Gasteiger partial charge in [-0.2, -0.15) is 0 Å². The van der Waals surface area contributed by atoms with Crippen LogP contribution in [0, 0.1) is 5.82 Å². The van der Waals surface area contributed by atoms with Crippen molar-refractivity contribution < 1.29 is 13.9 Å². The Labute approximate surface area is 121 Å². The summed E-state index contributed by atoms with van der Waals surface area (Å²) in [5.41, 5.74) is 3.37. The molecule has 1 amide bonds. The molecule has 0 fully saturated rings. The summed E-state index contributed by atoms with van der Waals surface area (Å²) in [7, 11) is 1.37. The summed E-state index contributed by atoms with van der Waals surface area (Å²) in [6.07, 6.45) is 0.948. The van der Waals surface area contributed by atoms with Crippen LogP contribution in [0.5, 0.6) is 5.75 Å². The molecule has 108 valence electrons. The minimum absolute atomic E-state index is 0.0563. The number of benzene rings is 2. The average Bonchev–Trinajstić information content (AvgIpc) is 2.95. The van der Waals surface area contributed by atoms with Crippen LogP contribution in [0.1, 0.15) is 15.9 Å². The molecule has 2 N–H and O–H groups in total. The minimum Gasteiger partial charge on any atom is -0.494 e. The lowest BCUT2D eigenvalue weighted by Gasteiger charge is -2.09. The molecule has 5 heteroatoms. The van der Waals surface area contributed by atoms with Crippen molar-refractivity contribution >= 4 is 17.3 Å². The van der Waals surface area contributed by atoms with Crippen LogP contribution in [0.25, 0.3) is 0 Å². The van der Waals surface area contributed by atoms with Crippen LogP contribution in [0.15, 0.2) is 36.4 Å². The number of carbonyl (C=O) groups excluding carboxylic acids is 1. The number of hydrogen-bond acceptors (Lipinski definition) is 3. The third-order valence-electron chi connectivity index (χ3n) is 3.49. The van der Waals surface area contributed by atoms with Gasteiger partial charge in [-0.15, -0.1) is 0 Å². The highest BCUT2D eigenvalue weighted by atomic mass is 19.1. The van der Waals surface area contributed by atoms with Gasteiger partial charge in [0.1, 0.15) is 0 Å². The number of ether oxygens (including phenoxy) is 1. The standard InChI is InChI=1S/C16H15FN2O2/c1-21-15-9-11(2-4-13(15)17)16(20)19-12-3-5-14-10(8-12)6-7-18-14/h2-5,8-9,18H,6-7H2,1H3,(H,19,20). The van der Waals surface area contributed by atoms with Gasteiger partial charge in [-0.3, -0.25) is 4.79 Å². The van der Waals surface area contributed by atoms with Crippen LogP contribution in [-0.2, 0) is 6.42 Å². The van der Waals surface area contributed by atoms with Crippen molar-refractivity contribution in [2.24, 2.45) is 0 Å². The first-order valence-corrected chi connectivity index (χ1v) is 6.69. The van der Waals surface area contributed by atoms with E-state index in [0.29, 0.717) is 5.56 Å². The van der Waals surface area contributed by atoms with Gasteiger partial charge >= 0.3 is 0 Å². The number of halogens is 1. The van der Waals surface area contributed by atoms with Gasteiger partial charge in [0, 0.05) is 23.5 Å². The number of hydrogen-bond donors (Lipinski definition) is 2. The number of methoxy groups -OCH3 is 1. The lowest BCUT2D eigenvalue weighted by Crippen LogP contribution is -2.12. The van der Waals surface area contributed by atoms with E-state index >= 15 is 0 Å². The topological polar surface area (TPSA) is 50.4 Å². The maximum absolute atomic E-state index is 13.3. The summed E-state index contributed by atoms with van der Waals surface area (Å²) >= 11 is 0. The van der Waals surface area contributed by atoms with Crippen LogP contribution < -0.4 is 15.4 Å². The first-order chi connectivity index (χ1) is 10.2. The summed E-state index contributed by atoms with van der Waals surface area (Å²) in [5, 5.41) is 6.08. The van der Waals surface area contributed by atoms with Gasteiger partial charge in [0.05, 0.1) is 7.11 Å². The maximum atomic E-state index is 13.3. The fourth-order valence-corrected chi connectivity index (χ4v) is 2.39. The summed E-state index contributed by atoms with van der Waals surface area (Å²) in [5.74, 6) is -0.724. The molecule has 21 heavy (non-hydrogen) atoms. The molecule has 0 saturated carbocycles. The smallest absolute Gasteiger partial charge is 0.255 e. The van der Waals surface area contributed by atoms with E-state index in [-0.39, 0.29) is 11.7 Å². The molecule has 0 unspecified atom stereocenters. The van der Waals surface area contributed by atoms with Crippen molar-refractivity contribution in [2.75, 3.05) is 24.3 Å². The predicted molar refractivity (Wildman–Crippen MR) is 79.5 cm³/mol. The number of anilines is 2. The third kappa shape index (κ3) is 2.67. The van der Waals surface area contributed by atoms with E-state index < -0.39 is 5.82 Å². The van der Waals surface area contributed by atoms with E-state index in [4.69, 9.17) is 4.74 Å². The van der Waals surface area contributed by atoms with Crippen LogP contribution in [0.4, 0.5) is 15.8 Å². The molecule has 1 heterocycles. The highest BCUT2D eigenvalue weighted by Gasteiger charge is 2.13. The Balaban J connectivity index is 1.80. The molecule has 4 nitrogen and oxygen atoms in total. The van der Waals surface area contributed by atoms with Gasteiger partial charge in [-0.25, -0.2) is 4.39 Å². The Morgan fingerprint density at radius 3 is 2.95 bits per heavy atom. The SMILES string of the molecule is COc1cc(C(=O)Nc2ccc3c(c2)CCN3)ccc1F. The summed E-state index contributed by atoms with van der Waals surface area (Å²) < 4.78 is 18.2. The number of amides is 1. The molecule has 1 aliphatic heterocycles. The first-order valence-electron chi connectivity index (χ1n) is 6.69. The van der Waals surface area contributed by atoms with E-state index in [2.05, 4.69) is 10.6 Å². The molecule has 0 spiro atoms. The minimum atomic E-state index is -0.488. The van der Waals surface area contributed by atoms with Gasteiger partial charge < -0.3 is 15.4 Å². The van der Waals surface area contributed by atoms with Crippen molar-refractivity contribution in [3.8, 4) is 5.75 Å². The Bertz CT molecular complexity index is 701. The van der Waals surface area contributed by atoms with Crippen molar-refractivity contribution in [1.29, 1.82) is 0 Å². The molecular weight excluding hydrogens is 271 g/mol. The molecule has 0 atom stereocenters. The largest absolute Gasteiger partial charge is 0.494 e. The van der Waals surface area contributed by atoms with Gasteiger partial charge in [0.2, 0.25) is 0 Å². The van der Waals surface area contributed by atoms with Crippen LogP contribution in [0.2, 0.25) is 0 Å². The van der Waals surface area contributed by atoms with E-state index in [1.807, 2.05) is 18.2 Å². The molecular formula is C16H15FN2O2. The summed E-state index contributed by atoms with van der Waals surface area (Å²) in [6.45, 7) is 0.919. The lowest BCUT2D eigenvalue weighted by atomic mass is 10.1. The van der Waals surface area contributed by atoms with E-state index in [0.717, 1.165) is 24.3 Å². The Morgan fingerprint density at radius 2 is 2.14 bits per heavy atom. The Kier molecular flexibility index (Phi) is 3.48. The monoisotopic (exact) mass is 286 g/mol. The Morgan fingerprint density at radius 1 is 1.29 bits per heavy atom. The Hall–Kier alpha value is -2.56. The quantitative estimate of drug-likeness (QED) is 0.911. The normalized spacial score (nSPS) is 12.5. The average molecular weight is 286 g/mol. The number of rotatable bonds is 3. The zero-order valence-corrected chi connectivity index (χ0v) is 11.6. The van der Waals surface area contributed by atoms with Gasteiger partial charge in [0.15, 0.2) is 11.6 Å². The zero-order valence-electron chi connectivity index (χ0n) is 11.6. The molecule has 0 aliphatic carbocycles. The summed E-state index contributed by atoms with van der Waals surface area (Å²) in [4.78, 5) is 12.2. The third-order valence-corrected chi connectivity index (χ3v) is 3.49. The van der Waals surface area contributed by atoms with Crippen molar-refractivity contribution in [1.82, 2.24) is 0 Å². The predicted octanol–water partition coefficient (Wildman–Crippen LogP) is 3.05. The molecule has 3 rings (SSSR count). The highest BCUT2D eigenvalue weighted by Crippen LogP contribution is 2.26. The van der Waals surface area contributed by atoms with E-state index in [1.54, 1.807) is 0 Å². The summed E-state index contributed by atoms with van der Waals surface area (Å²) in [6, 6.07) is 9.79. The van der Waals surface area contributed by atoms with Crippen LogP contribution in [0.3, 0.4) is 0 Å². The van der Waals surface area contributed by atoms with Gasteiger partial charge in [-0.05, 0) is 48.4 Å². The second kappa shape index (κ2) is 5.44. The van der Waals surface area contributed by atoms with Gasteiger partial charge in [0.25, 0.3) is 5.91 Å². The molecule has 0 radical (unpaired) electrons. The first kappa shape index (κ1) is 13.4. The molecule has 0 saturated heterocycles. The lowest BCUT2D eigenvalue weighted by molar-refractivity contribution is 0.102. The van der Waals surface area contributed by atoms with Crippen LogP contribution >= 0.6 is 0 Å². The van der Waals surface area contributed by atoms with E-state index in [9.17, 15) is 9.18 Å². The molecule has 2 aromatic rings. The second-order valence-corrected chi connectivity index (χ2v) is 4.85. The van der Waals surface area contributed by atoms with Gasteiger partial charge in [-0.1, -0.05) is 0 Å². The van der Waals surface area contributed by atoms with Crippen molar-refractivity contribution in [3.63, 3.8) is 0 Å². The van der Waals surface area contributed by atoms with E-state index in [1.165, 1.54) is 30.9 Å². The number of nitrogens with one attached hydrogen (secondary N) is 2.